The molecule has 3 aromatic rings. The molecule has 0 fully saturated rings. The molecule has 0 saturated carbocycles. The van der Waals surface area contributed by atoms with Gasteiger partial charge in [0.05, 0.1) is 34.5 Å². The molecule has 1 aromatic carbocycles. The Bertz CT molecular complexity index is 1020. The summed E-state index contributed by atoms with van der Waals surface area (Å²) in [6, 6.07) is 5.36. The highest BCUT2D eigenvalue weighted by Crippen LogP contribution is 2.19. The SMILES string of the molecule is Cc1nc2ccc(C(=O)N3CCc4[nH][nH]c(=O)c4C3)cc2nc1C. The molecule has 0 radical (unpaired) electrons. The van der Waals surface area contributed by atoms with Crippen molar-refractivity contribution in [2.24, 2.45) is 0 Å². The van der Waals surface area contributed by atoms with Crippen LogP contribution < -0.4 is 5.56 Å². The molecule has 122 valence electrons. The predicted octanol–water partition coefficient (Wildman–Crippen LogP) is 1.46. The fraction of sp³-hybridized carbons (Fsp3) is 0.294. The molecule has 0 bridgehead atoms. The van der Waals surface area contributed by atoms with E-state index in [-0.39, 0.29) is 11.5 Å². The molecule has 2 aromatic heterocycles. The van der Waals surface area contributed by atoms with E-state index in [9.17, 15) is 9.59 Å². The Hall–Kier alpha value is -2.96. The van der Waals surface area contributed by atoms with Crippen LogP contribution in [0.1, 0.15) is 33.0 Å². The van der Waals surface area contributed by atoms with Crippen LogP contribution in [-0.4, -0.2) is 37.5 Å². The van der Waals surface area contributed by atoms with Crippen LogP contribution in [-0.2, 0) is 13.0 Å². The van der Waals surface area contributed by atoms with E-state index >= 15 is 0 Å². The maximum Gasteiger partial charge on any atom is 0.269 e. The lowest BCUT2D eigenvalue weighted by atomic mass is 10.1. The summed E-state index contributed by atoms with van der Waals surface area (Å²) in [5.74, 6) is -0.0943. The van der Waals surface area contributed by atoms with Gasteiger partial charge in [0.25, 0.3) is 11.5 Å². The Morgan fingerprint density at radius 2 is 1.88 bits per heavy atom. The second-order valence-corrected chi connectivity index (χ2v) is 6.11. The Morgan fingerprint density at radius 3 is 2.67 bits per heavy atom. The number of aryl methyl sites for hydroxylation is 2. The zero-order valence-electron chi connectivity index (χ0n) is 13.5. The first-order chi connectivity index (χ1) is 11.5. The minimum atomic E-state index is -0.155. The van der Waals surface area contributed by atoms with E-state index in [2.05, 4.69) is 20.2 Å². The predicted molar refractivity (Wildman–Crippen MR) is 88.9 cm³/mol. The number of aromatic nitrogens is 4. The first-order valence-electron chi connectivity index (χ1n) is 7.85. The first-order valence-corrected chi connectivity index (χ1v) is 7.85. The van der Waals surface area contributed by atoms with Crippen molar-refractivity contribution in [3.63, 3.8) is 0 Å². The van der Waals surface area contributed by atoms with E-state index < -0.39 is 0 Å². The maximum absolute atomic E-state index is 12.8. The van der Waals surface area contributed by atoms with Crippen LogP contribution >= 0.6 is 0 Å². The van der Waals surface area contributed by atoms with Crippen LogP contribution in [0, 0.1) is 13.8 Å². The van der Waals surface area contributed by atoms with Crippen LogP contribution in [0.3, 0.4) is 0 Å². The lowest BCUT2D eigenvalue weighted by Gasteiger charge is -2.26. The molecule has 0 spiro atoms. The van der Waals surface area contributed by atoms with Crippen molar-refractivity contribution in [1.29, 1.82) is 0 Å². The number of nitrogens with one attached hydrogen (secondary N) is 2. The topological polar surface area (TPSA) is 94.7 Å². The summed E-state index contributed by atoms with van der Waals surface area (Å²) in [6.07, 6.45) is 0.644. The van der Waals surface area contributed by atoms with Gasteiger partial charge in [0.1, 0.15) is 0 Å². The second kappa shape index (κ2) is 5.30. The highest BCUT2D eigenvalue weighted by molar-refractivity contribution is 5.97. The van der Waals surface area contributed by atoms with Gasteiger partial charge in [-0.1, -0.05) is 0 Å². The van der Waals surface area contributed by atoms with Crippen LogP contribution in [0.4, 0.5) is 0 Å². The largest absolute Gasteiger partial charge is 0.334 e. The summed E-state index contributed by atoms with van der Waals surface area (Å²) in [5, 5.41) is 5.44. The number of nitrogens with zero attached hydrogens (tertiary/aromatic N) is 3. The number of fused-ring (bicyclic) bond motifs is 2. The number of hydrogen-bond acceptors (Lipinski definition) is 4. The van der Waals surface area contributed by atoms with Crippen molar-refractivity contribution in [2.75, 3.05) is 6.54 Å². The molecule has 2 N–H and O–H groups in total. The van der Waals surface area contributed by atoms with Gasteiger partial charge in [-0.15, -0.1) is 0 Å². The number of carbonyl (C=O) groups is 1. The number of aromatic amines is 2. The summed E-state index contributed by atoms with van der Waals surface area (Å²) in [4.78, 5) is 35.3. The monoisotopic (exact) mass is 323 g/mol. The number of rotatable bonds is 1. The summed E-state index contributed by atoms with van der Waals surface area (Å²) >= 11 is 0. The van der Waals surface area contributed by atoms with Gasteiger partial charge in [0, 0.05) is 24.2 Å². The lowest BCUT2D eigenvalue weighted by molar-refractivity contribution is 0.0734. The smallest absolute Gasteiger partial charge is 0.269 e. The van der Waals surface area contributed by atoms with E-state index in [0.29, 0.717) is 36.2 Å². The molecular formula is C17H17N5O2. The second-order valence-electron chi connectivity index (χ2n) is 6.11. The minimum absolute atomic E-state index is 0.0943. The molecule has 0 saturated heterocycles. The highest BCUT2D eigenvalue weighted by Gasteiger charge is 2.25. The van der Waals surface area contributed by atoms with Crippen LogP contribution in [0.2, 0.25) is 0 Å². The molecule has 1 aliphatic heterocycles. The lowest BCUT2D eigenvalue weighted by Crippen LogP contribution is -2.37. The number of amides is 1. The molecule has 0 aliphatic carbocycles. The van der Waals surface area contributed by atoms with Gasteiger partial charge in [-0.3, -0.25) is 14.7 Å². The van der Waals surface area contributed by atoms with Crippen LogP contribution in [0.15, 0.2) is 23.0 Å². The van der Waals surface area contributed by atoms with E-state index in [1.807, 2.05) is 19.9 Å². The molecule has 1 amide bonds. The molecule has 0 atom stereocenters. The molecular weight excluding hydrogens is 306 g/mol. The van der Waals surface area contributed by atoms with Crippen molar-refractivity contribution in [3.05, 3.63) is 56.8 Å². The average molecular weight is 323 g/mol. The van der Waals surface area contributed by atoms with Crippen molar-refractivity contribution in [3.8, 4) is 0 Å². The Labute approximate surface area is 137 Å². The molecule has 7 nitrogen and oxygen atoms in total. The van der Waals surface area contributed by atoms with Gasteiger partial charge >= 0.3 is 0 Å². The standard InChI is InChI=1S/C17H17N5O2/c1-9-10(2)19-15-7-11(3-4-14(15)18-9)17(24)22-6-5-13-12(8-22)16(23)21-20-13/h3-4,7H,5-6,8H2,1-2H3,(H2,20,21,23). The van der Waals surface area contributed by atoms with E-state index in [0.717, 1.165) is 22.6 Å². The van der Waals surface area contributed by atoms with Gasteiger partial charge in [-0.25, -0.2) is 9.97 Å². The zero-order chi connectivity index (χ0) is 16.8. The molecule has 1 aliphatic rings. The van der Waals surface area contributed by atoms with Crippen molar-refractivity contribution in [2.45, 2.75) is 26.8 Å². The fourth-order valence-corrected chi connectivity index (χ4v) is 3.04. The summed E-state index contributed by atoms with van der Waals surface area (Å²) in [7, 11) is 0. The van der Waals surface area contributed by atoms with Gasteiger partial charge in [-0.05, 0) is 32.0 Å². The maximum atomic E-state index is 12.8. The molecule has 4 rings (SSSR count). The molecule has 0 unspecified atom stereocenters. The average Bonchev–Trinajstić information content (AvgIpc) is 2.95. The van der Waals surface area contributed by atoms with Crippen molar-refractivity contribution < 1.29 is 4.79 Å². The zero-order valence-corrected chi connectivity index (χ0v) is 13.5. The van der Waals surface area contributed by atoms with Crippen LogP contribution in [0.5, 0.6) is 0 Å². The number of H-pyrrole nitrogens is 2. The van der Waals surface area contributed by atoms with E-state index in [1.165, 1.54) is 0 Å². The van der Waals surface area contributed by atoms with Gasteiger partial charge in [0.15, 0.2) is 0 Å². The number of carbonyl (C=O) groups excluding carboxylic acids is 1. The Balaban J connectivity index is 1.67. The van der Waals surface area contributed by atoms with E-state index in [1.54, 1.807) is 17.0 Å². The fourth-order valence-electron chi connectivity index (χ4n) is 3.04. The van der Waals surface area contributed by atoms with Gasteiger partial charge < -0.3 is 10.00 Å². The van der Waals surface area contributed by atoms with Crippen molar-refractivity contribution in [1.82, 2.24) is 25.1 Å². The third kappa shape index (κ3) is 2.29. The van der Waals surface area contributed by atoms with Gasteiger partial charge in [0.2, 0.25) is 0 Å². The summed E-state index contributed by atoms with van der Waals surface area (Å²) < 4.78 is 0. The Kier molecular flexibility index (Phi) is 3.23. The minimum Gasteiger partial charge on any atom is -0.334 e. The third-order valence-electron chi connectivity index (χ3n) is 4.56. The molecule has 24 heavy (non-hydrogen) atoms. The number of benzene rings is 1. The molecule has 3 heterocycles. The van der Waals surface area contributed by atoms with Crippen molar-refractivity contribution >= 4 is 16.9 Å². The molecule has 7 heteroatoms. The summed E-state index contributed by atoms with van der Waals surface area (Å²) in [5.41, 5.74) is 5.17. The Morgan fingerprint density at radius 1 is 1.12 bits per heavy atom. The third-order valence-corrected chi connectivity index (χ3v) is 4.56. The normalized spacial score (nSPS) is 14.0. The highest BCUT2D eigenvalue weighted by atomic mass is 16.2. The quantitative estimate of drug-likeness (QED) is 0.709. The number of hydrogen-bond donors (Lipinski definition) is 2. The summed E-state index contributed by atoms with van der Waals surface area (Å²) in [6.45, 7) is 4.72. The first kappa shape index (κ1) is 14.6. The van der Waals surface area contributed by atoms with E-state index in [4.69, 9.17) is 0 Å². The van der Waals surface area contributed by atoms with Crippen LogP contribution in [0.25, 0.3) is 11.0 Å². The van der Waals surface area contributed by atoms with Gasteiger partial charge in [-0.2, -0.15) is 0 Å².